The van der Waals surface area contributed by atoms with Gasteiger partial charge >= 0.3 is 0 Å². The van der Waals surface area contributed by atoms with Crippen molar-refractivity contribution in [3.63, 3.8) is 0 Å². The average Bonchev–Trinajstić information content (AvgIpc) is 3.03. The minimum Gasteiger partial charge on any atom is -0.492 e. The smallest absolute Gasteiger partial charge is 0.266 e. The molecule has 1 aliphatic rings. The Morgan fingerprint density at radius 2 is 1.88 bits per heavy atom. The number of carbonyl (C=O) groups is 1. The van der Waals surface area contributed by atoms with Gasteiger partial charge in [-0.15, -0.1) is 0 Å². The van der Waals surface area contributed by atoms with Gasteiger partial charge in [0, 0.05) is 11.8 Å². The summed E-state index contributed by atoms with van der Waals surface area (Å²) in [5.41, 5.74) is 0.729. The highest BCUT2D eigenvalue weighted by Gasteiger charge is 2.32. The van der Waals surface area contributed by atoms with Crippen molar-refractivity contribution < 1.29 is 14.3 Å². The molecule has 0 aromatic heterocycles. The van der Waals surface area contributed by atoms with Crippen molar-refractivity contribution in [2.24, 2.45) is 4.99 Å². The molecule has 3 rings (SSSR count). The molecule has 26 heavy (non-hydrogen) atoms. The first-order valence-corrected chi connectivity index (χ1v) is 9.61. The van der Waals surface area contributed by atoms with Crippen molar-refractivity contribution in [2.75, 3.05) is 19.0 Å². The lowest BCUT2D eigenvalue weighted by atomic mass is 10.3. The number of amides is 1. The molecule has 0 N–H and O–H groups in total. The maximum atomic E-state index is 12.7. The molecule has 6 heteroatoms. The zero-order valence-electron chi connectivity index (χ0n) is 14.9. The molecule has 1 aliphatic heterocycles. The largest absolute Gasteiger partial charge is 0.492 e. The fraction of sp³-hybridized carbons (Fsp3) is 0.300. The molecule has 0 spiro atoms. The molecule has 0 aliphatic carbocycles. The molecular weight excluding hydrogens is 348 g/mol. The van der Waals surface area contributed by atoms with E-state index in [0.29, 0.717) is 17.5 Å². The first-order chi connectivity index (χ1) is 12.7. The van der Waals surface area contributed by atoms with Crippen molar-refractivity contribution in [3.8, 4) is 11.5 Å². The fourth-order valence-corrected chi connectivity index (χ4v) is 3.75. The van der Waals surface area contributed by atoms with Crippen LogP contribution in [0.15, 0.2) is 59.6 Å². The lowest BCUT2D eigenvalue weighted by Crippen LogP contribution is -2.40. The number of benzene rings is 2. The molecule has 2 aromatic carbocycles. The summed E-state index contributed by atoms with van der Waals surface area (Å²) in [5, 5.41) is 0.686. The Kier molecular flexibility index (Phi) is 6.17. The quantitative estimate of drug-likeness (QED) is 0.768. The number of carbonyl (C=O) groups excluding carboxylic acids is 1. The highest BCUT2D eigenvalue weighted by Crippen LogP contribution is 2.32. The number of nitrogens with zero attached hydrogens (tertiary/aromatic N) is 2. The van der Waals surface area contributed by atoms with E-state index in [9.17, 15) is 4.79 Å². The second kappa shape index (κ2) is 8.76. The van der Waals surface area contributed by atoms with Gasteiger partial charge < -0.3 is 9.47 Å². The Hall–Kier alpha value is -2.47. The summed E-state index contributed by atoms with van der Waals surface area (Å²) < 4.78 is 11.2. The SMILES string of the molecule is CCOc1ccccc1N=C1SC[C@@H](C)N1C(=O)COc1ccccc1. The molecule has 1 fully saturated rings. The summed E-state index contributed by atoms with van der Waals surface area (Å²) in [6.07, 6.45) is 0. The molecule has 0 unspecified atom stereocenters. The lowest BCUT2D eigenvalue weighted by Gasteiger charge is -2.21. The van der Waals surface area contributed by atoms with E-state index >= 15 is 0 Å². The lowest BCUT2D eigenvalue weighted by molar-refractivity contribution is -0.130. The van der Waals surface area contributed by atoms with Crippen LogP contribution in [0.2, 0.25) is 0 Å². The molecule has 0 saturated carbocycles. The van der Waals surface area contributed by atoms with E-state index in [2.05, 4.69) is 4.99 Å². The van der Waals surface area contributed by atoms with Gasteiger partial charge in [-0.05, 0) is 38.1 Å². The number of para-hydroxylation sites is 3. The number of hydrogen-bond acceptors (Lipinski definition) is 5. The van der Waals surface area contributed by atoms with Gasteiger partial charge in [0.25, 0.3) is 5.91 Å². The minimum atomic E-state index is -0.0982. The van der Waals surface area contributed by atoms with Crippen LogP contribution in [0, 0.1) is 0 Å². The van der Waals surface area contributed by atoms with Crippen LogP contribution in [0.5, 0.6) is 11.5 Å². The summed E-state index contributed by atoms with van der Waals surface area (Å²) in [6.45, 7) is 4.51. The van der Waals surface area contributed by atoms with E-state index in [4.69, 9.17) is 9.47 Å². The normalized spacial score (nSPS) is 18.2. The van der Waals surface area contributed by atoms with E-state index in [1.54, 1.807) is 16.7 Å². The van der Waals surface area contributed by atoms with Crippen molar-refractivity contribution in [1.82, 2.24) is 4.90 Å². The second-order valence-corrected chi connectivity index (χ2v) is 6.81. The number of rotatable bonds is 6. The Labute approximate surface area is 158 Å². The van der Waals surface area contributed by atoms with E-state index in [-0.39, 0.29) is 18.6 Å². The summed E-state index contributed by atoms with van der Waals surface area (Å²) >= 11 is 1.57. The maximum absolute atomic E-state index is 12.7. The number of thioether (sulfide) groups is 1. The monoisotopic (exact) mass is 370 g/mol. The Bertz CT molecular complexity index is 780. The zero-order chi connectivity index (χ0) is 18.4. The first-order valence-electron chi connectivity index (χ1n) is 8.62. The predicted octanol–water partition coefficient (Wildman–Crippen LogP) is 4.12. The minimum absolute atomic E-state index is 0.0129. The van der Waals surface area contributed by atoms with Crippen LogP contribution in [0.25, 0.3) is 0 Å². The highest BCUT2D eigenvalue weighted by atomic mass is 32.2. The van der Waals surface area contributed by atoms with Crippen LogP contribution < -0.4 is 9.47 Å². The highest BCUT2D eigenvalue weighted by molar-refractivity contribution is 8.14. The van der Waals surface area contributed by atoms with E-state index in [0.717, 1.165) is 17.2 Å². The standard InChI is InChI=1S/C20H22N2O3S/c1-3-24-18-12-8-7-11-17(18)21-20-22(15(2)14-26-20)19(23)13-25-16-9-5-4-6-10-16/h4-12,15H,3,13-14H2,1-2H3/t15-/m1/s1. The van der Waals surface area contributed by atoms with E-state index in [1.165, 1.54) is 0 Å². The van der Waals surface area contributed by atoms with Crippen molar-refractivity contribution >= 4 is 28.5 Å². The van der Waals surface area contributed by atoms with Crippen LogP contribution in [-0.4, -0.2) is 41.0 Å². The predicted molar refractivity (Wildman–Crippen MR) is 105 cm³/mol. The second-order valence-electron chi connectivity index (χ2n) is 5.82. The van der Waals surface area contributed by atoms with Crippen LogP contribution >= 0.6 is 11.8 Å². The molecule has 1 atom stereocenters. The van der Waals surface area contributed by atoms with Gasteiger partial charge in [0.15, 0.2) is 11.8 Å². The van der Waals surface area contributed by atoms with Crippen LogP contribution in [0.4, 0.5) is 5.69 Å². The summed E-state index contributed by atoms with van der Waals surface area (Å²) in [5.74, 6) is 2.11. The summed E-state index contributed by atoms with van der Waals surface area (Å²) in [4.78, 5) is 19.1. The van der Waals surface area contributed by atoms with Crippen LogP contribution in [-0.2, 0) is 4.79 Å². The molecule has 136 valence electrons. The van der Waals surface area contributed by atoms with Crippen LogP contribution in [0.1, 0.15) is 13.8 Å². The third-order valence-corrected chi connectivity index (χ3v) is 5.05. The third-order valence-electron chi connectivity index (χ3n) is 3.86. The van der Waals surface area contributed by atoms with Gasteiger partial charge in [0.05, 0.1) is 6.61 Å². The van der Waals surface area contributed by atoms with Gasteiger partial charge in [-0.3, -0.25) is 9.69 Å². The Morgan fingerprint density at radius 1 is 1.15 bits per heavy atom. The number of aliphatic imine (C=N–C) groups is 1. The van der Waals surface area contributed by atoms with Crippen molar-refractivity contribution in [1.29, 1.82) is 0 Å². The Morgan fingerprint density at radius 3 is 2.65 bits per heavy atom. The molecule has 0 bridgehead atoms. The molecular formula is C20H22N2O3S. The van der Waals surface area contributed by atoms with Crippen molar-refractivity contribution in [2.45, 2.75) is 19.9 Å². The topological polar surface area (TPSA) is 51.1 Å². The van der Waals surface area contributed by atoms with E-state index < -0.39 is 0 Å². The number of amidine groups is 1. The molecule has 2 aromatic rings. The van der Waals surface area contributed by atoms with Crippen LogP contribution in [0.3, 0.4) is 0 Å². The maximum Gasteiger partial charge on any atom is 0.266 e. The molecule has 5 nitrogen and oxygen atoms in total. The first kappa shape index (κ1) is 18.3. The van der Waals surface area contributed by atoms with E-state index in [1.807, 2.05) is 68.4 Å². The van der Waals surface area contributed by atoms with Gasteiger partial charge in [-0.2, -0.15) is 0 Å². The molecule has 1 heterocycles. The Balaban J connectivity index is 1.76. The summed E-state index contributed by atoms with van der Waals surface area (Å²) in [7, 11) is 0. The third kappa shape index (κ3) is 4.38. The number of hydrogen-bond donors (Lipinski definition) is 0. The molecule has 0 radical (unpaired) electrons. The van der Waals surface area contributed by atoms with Crippen molar-refractivity contribution in [3.05, 3.63) is 54.6 Å². The van der Waals surface area contributed by atoms with Gasteiger partial charge in [0.2, 0.25) is 0 Å². The van der Waals surface area contributed by atoms with Gasteiger partial charge in [0.1, 0.15) is 17.2 Å². The molecule has 1 amide bonds. The fourth-order valence-electron chi connectivity index (χ4n) is 2.63. The number of ether oxygens (including phenoxy) is 2. The average molecular weight is 370 g/mol. The molecule has 1 saturated heterocycles. The van der Waals surface area contributed by atoms with Gasteiger partial charge in [-0.25, -0.2) is 4.99 Å². The van der Waals surface area contributed by atoms with Gasteiger partial charge in [-0.1, -0.05) is 42.1 Å². The zero-order valence-corrected chi connectivity index (χ0v) is 15.7. The summed E-state index contributed by atoms with van der Waals surface area (Å²) in [6, 6.07) is 17.0.